The summed E-state index contributed by atoms with van der Waals surface area (Å²) in [6, 6.07) is 13.4. The molecule has 2 aliphatic rings. The van der Waals surface area contributed by atoms with E-state index in [0.717, 1.165) is 45.4 Å². The predicted octanol–water partition coefficient (Wildman–Crippen LogP) is 4.18. The van der Waals surface area contributed by atoms with Gasteiger partial charge in [0.1, 0.15) is 23.1 Å². The van der Waals surface area contributed by atoms with Crippen LogP contribution in [0, 0.1) is 0 Å². The summed E-state index contributed by atoms with van der Waals surface area (Å²) in [5.41, 5.74) is 3.37. The lowest BCUT2D eigenvalue weighted by atomic mass is 9.85. The zero-order valence-corrected chi connectivity index (χ0v) is 14.9. The SMILES string of the molecule is O=C1CCCC2=C1C(n1nnc3ccccc31)c1cc(Br)ccc1O2. The molecule has 0 bridgehead atoms. The zero-order chi connectivity index (χ0) is 17.0. The van der Waals surface area contributed by atoms with Crippen LogP contribution in [-0.4, -0.2) is 20.8 Å². The van der Waals surface area contributed by atoms with Gasteiger partial charge in [-0.25, -0.2) is 4.68 Å². The number of aromatic nitrogens is 3. The van der Waals surface area contributed by atoms with Crippen LogP contribution >= 0.6 is 15.9 Å². The lowest BCUT2D eigenvalue weighted by Gasteiger charge is -2.32. The third-order valence-corrected chi connectivity index (χ3v) is 5.30. The van der Waals surface area contributed by atoms with Gasteiger partial charge < -0.3 is 4.74 Å². The Morgan fingerprint density at radius 2 is 2.04 bits per heavy atom. The first-order valence-electron chi connectivity index (χ1n) is 8.26. The number of ether oxygens (including phenoxy) is 1. The summed E-state index contributed by atoms with van der Waals surface area (Å²) in [6.07, 6.45) is 2.16. The molecule has 0 saturated carbocycles. The molecule has 1 aliphatic heterocycles. The number of allylic oxidation sites excluding steroid dienone is 2. The van der Waals surface area contributed by atoms with Gasteiger partial charge in [0.25, 0.3) is 0 Å². The number of para-hydroxylation sites is 1. The number of ketones is 1. The minimum absolute atomic E-state index is 0.136. The van der Waals surface area contributed by atoms with Gasteiger partial charge in [0.15, 0.2) is 5.78 Å². The highest BCUT2D eigenvalue weighted by atomic mass is 79.9. The van der Waals surface area contributed by atoms with Crippen molar-refractivity contribution >= 4 is 32.7 Å². The maximum atomic E-state index is 12.8. The van der Waals surface area contributed by atoms with Crippen molar-refractivity contribution in [1.82, 2.24) is 15.0 Å². The van der Waals surface area contributed by atoms with Crippen LogP contribution in [0.1, 0.15) is 30.9 Å². The minimum Gasteiger partial charge on any atom is -0.461 e. The molecule has 1 atom stereocenters. The lowest BCUT2D eigenvalue weighted by molar-refractivity contribution is -0.116. The number of halogens is 1. The Bertz CT molecular complexity index is 1050. The highest BCUT2D eigenvalue weighted by molar-refractivity contribution is 9.10. The van der Waals surface area contributed by atoms with Crippen molar-refractivity contribution < 1.29 is 9.53 Å². The van der Waals surface area contributed by atoms with Crippen molar-refractivity contribution in [2.24, 2.45) is 0 Å². The summed E-state index contributed by atoms with van der Waals surface area (Å²) in [5.74, 6) is 1.69. The first-order chi connectivity index (χ1) is 12.2. The molecule has 0 radical (unpaired) electrons. The fourth-order valence-electron chi connectivity index (χ4n) is 3.69. The Morgan fingerprint density at radius 1 is 1.16 bits per heavy atom. The number of nitrogens with zero attached hydrogens (tertiary/aromatic N) is 3. The highest BCUT2D eigenvalue weighted by Gasteiger charge is 2.38. The standard InChI is InChI=1S/C19H14BrN3O2/c20-11-8-9-16-12(10-11)19(18-15(24)6-3-7-17(18)25-16)23-14-5-2-1-4-13(14)21-22-23/h1-2,4-5,8-10,19H,3,6-7H2. The Labute approximate surface area is 152 Å². The van der Waals surface area contributed by atoms with Crippen LogP contribution in [0.5, 0.6) is 5.75 Å². The minimum atomic E-state index is -0.309. The van der Waals surface area contributed by atoms with Crippen molar-refractivity contribution in [3.05, 3.63) is 63.8 Å². The molecule has 1 aromatic heterocycles. The molecule has 0 N–H and O–H groups in total. The van der Waals surface area contributed by atoms with Crippen LogP contribution in [0.4, 0.5) is 0 Å². The quantitative estimate of drug-likeness (QED) is 0.619. The molecule has 0 fully saturated rings. The molecule has 0 spiro atoms. The number of carbonyl (C=O) groups is 1. The molecule has 0 saturated heterocycles. The molecule has 6 heteroatoms. The predicted molar refractivity (Wildman–Crippen MR) is 96.3 cm³/mol. The Balaban J connectivity index is 1.81. The summed E-state index contributed by atoms with van der Waals surface area (Å²) in [4.78, 5) is 12.8. The second kappa shape index (κ2) is 5.52. The van der Waals surface area contributed by atoms with Crippen molar-refractivity contribution in [3.63, 3.8) is 0 Å². The van der Waals surface area contributed by atoms with Gasteiger partial charge in [0.2, 0.25) is 0 Å². The smallest absolute Gasteiger partial charge is 0.164 e. The molecule has 2 heterocycles. The molecule has 3 aromatic rings. The highest BCUT2D eigenvalue weighted by Crippen LogP contribution is 2.45. The summed E-state index contributed by atoms with van der Waals surface area (Å²) in [7, 11) is 0. The maximum absolute atomic E-state index is 12.8. The molecule has 2 aromatic carbocycles. The monoisotopic (exact) mass is 395 g/mol. The zero-order valence-electron chi connectivity index (χ0n) is 13.3. The van der Waals surface area contributed by atoms with E-state index >= 15 is 0 Å². The van der Waals surface area contributed by atoms with Crippen molar-refractivity contribution in [2.45, 2.75) is 25.3 Å². The fourth-order valence-corrected chi connectivity index (χ4v) is 4.07. The van der Waals surface area contributed by atoms with Crippen LogP contribution in [0.25, 0.3) is 11.0 Å². The molecular formula is C19H14BrN3O2. The second-order valence-corrected chi connectivity index (χ2v) is 7.24. The molecule has 1 unspecified atom stereocenters. The van der Waals surface area contributed by atoms with Crippen LogP contribution in [0.3, 0.4) is 0 Å². The molecule has 5 nitrogen and oxygen atoms in total. The Kier molecular flexibility index (Phi) is 3.28. The number of Topliss-reactive ketones (excluding diaryl/α,β-unsaturated/α-hetero) is 1. The molecular weight excluding hydrogens is 382 g/mol. The molecule has 5 rings (SSSR count). The van der Waals surface area contributed by atoms with Gasteiger partial charge in [0.05, 0.1) is 11.1 Å². The first kappa shape index (κ1) is 14.8. The second-order valence-electron chi connectivity index (χ2n) is 6.32. The number of hydrogen-bond acceptors (Lipinski definition) is 4. The summed E-state index contributed by atoms with van der Waals surface area (Å²) >= 11 is 3.53. The lowest BCUT2D eigenvalue weighted by Crippen LogP contribution is -2.29. The van der Waals surface area contributed by atoms with E-state index in [-0.39, 0.29) is 11.8 Å². The van der Waals surface area contributed by atoms with Crippen LogP contribution in [-0.2, 0) is 4.79 Å². The fraction of sp³-hybridized carbons (Fsp3) is 0.211. The topological polar surface area (TPSA) is 57.0 Å². The van der Waals surface area contributed by atoms with E-state index in [4.69, 9.17) is 4.74 Å². The Hall–Kier alpha value is -2.47. The van der Waals surface area contributed by atoms with Gasteiger partial charge in [0, 0.05) is 22.9 Å². The van der Waals surface area contributed by atoms with E-state index in [1.807, 2.05) is 47.1 Å². The number of benzene rings is 2. The van der Waals surface area contributed by atoms with Gasteiger partial charge >= 0.3 is 0 Å². The van der Waals surface area contributed by atoms with Gasteiger partial charge in [-0.3, -0.25) is 4.79 Å². The van der Waals surface area contributed by atoms with Crippen LogP contribution in [0.2, 0.25) is 0 Å². The summed E-state index contributed by atoms with van der Waals surface area (Å²) in [5, 5.41) is 8.66. The number of carbonyl (C=O) groups excluding carboxylic acids is 1. The molecule has 1 aliphatic carbocycles. The van der Waals surface area contributed by atoms with Crippen LogP contribution in [0.15, 0.2) is 58.3 Å². The third kappa shape index (κ3) is 2.24. The summed E-state index contributed by atoms with van der Waals surface area (Å²) < 4.78 is 8.87. The Morgan fingerprint density at radius 3 is 2.96 bits per heavy atom. The van der Waals surface area contributed by atoms with E-state index in [2.05, 4.69) is 26.2 Å². The van der Waals surface area contributed by atoms with E-state index in [1.54, 1.807) is 0 Å². The normalized spacial score (nSPS) is 19.6. The summed E-state index contributed by atoms with van der Waals surface area (Å²) in [6.45, 7) is 0. The average Bonchev–Trinajstić information content (AvgIpc) is 3.04. The van der Waals surface area contributed by atoms with E-state index in [1.165, 1.54) is 0 Å². The van der Waals surface area contributed by atoms with E-state index in [9.17, 15) is 4.79 Å². The molecule has 25 heavy (non-hydrogen) atoms. The number of fused-ring (bicyclic) bond motifs is 2. The van der Waals surface area contributed by atoms with Crippen molar-refractivity contribution in [3.8, 4) is 5.75 Å². The van der Waals surface area contributed by atoms with Gasteiger partial charge in [-0.05, 0) is 36.8 Å². The van der Waals surface area contributed by atoms with Crippen molar-refractivity contribution in [2.75, 3.05) is 0 Å². The van der Waals surface area contributed by atoms with Crippen molar-refractivity contribution in [1.29, 1.82) is 0 Å². The largest absolute Gasteiger partial charge is 0.461 e. The van der Waals surface area contributed by atoms with Gasteiger partial charge in [-0.1, -0.05) is 33.3 Å². The van der Waals surface area contributed by atoms with E-state index in [0.29, 0.717) is 12.0 Å². The number of rotatable bonds is 1. The first-order valence-corrected chi connectivity index (χ1v) is 9.05. The van der Waals surface area contributed by atoms with Gasteiger partial charge in [-0.2, -0.15) is 0 Å². The van der Waals surface area contributed by atoms with E-state index < -0.39 is 0 Å². The maximum Gasteiger partial charge on any atom is 0.164 e. The molecule has 124 valence electrons. The molecule has 0 amide bonds. The average molecular weight is 396 g/mol. The van der Waals surface area contributed by atoms with Gasteiger partial charge in [-0.15, -0.1) is 5.10 Å². The third-order valence-electron chi connectivity index (χ3n) is 4.80. The van der Waals surface area contributed by atoms with Crippen LogP contribution < -0.4 is 4.74 Å². The number of hydrogen-bond donors (Lipinski definition) is 0.